The Morgan fingerprint density at radius 1 is 1.28 bits per heavy atom. The van der Waals surface area contributed by atoms with E-state index in [9.17, 15) is 13.2 Å². The predicted octanol–water partition coefficient (Wildman–Crippen LogP) is 0.554. The Morgan fingerprint density at radius 3 is 2.48 bits per heavy atom. The van der Waals surface area contributed by atoms with E-state index in [1.807, 2.05) is 6.92 Å². The van der Waals surface area contributed by atoms with Crippen LogP contribution in [0.1, 0.15) is 39.0 Å². The van der Waals surface area contributed by atoms with Crippen LogP contribution in [0.2, 0.25) is 3.48 Å². The molecule has 1 saturated carbocycles. The maximum atomic E-state index is 12.2. The Hall–Kier alpha value is 0.0221. The third kappa shape index (κ3) is 5.75. The summed E-state index contributed by atoms with van der Waals surface area (Å²) < 4.78 is 40.5. The zero-order chi connectivity index (χ0) is 18.6. The van der Waals surface area contributed by atoms with Gasteiger partial charge in [0.2, 0.25) is 0 Å². The van der Waals surface area contributed by atoms with E-state index in [-0.39, 0.29) is 18.2 Å². The summed E-state index contributed by atoms with van der Waals surface area (Å²) in [6.45, 7) is 2.21. The van der Waals surface area contributed by atoms with Crippen molar-refractivity contribution in [1.82, 2.24) is 14.3 Å². The first kappa shape index (κ1) is 21.3. The molecular formula is C15H28N3O5PbS. The average molecular weight is 570 g/mol. The molecule has 3 atom stereocenters. The van der Waals surface area contributed by atoms with Crippen molar-refractivity contribution in [3.05, 3.63) is 0 Å². The normalized spacial score (nSPS) is 33.4. The third-order valence-electron chi connectivity index (χ3n) is 5.03. The van der Waals surface area contributed by atoms with Gasteiger partial charge in [-0.05, 0) is 0 Å². The molecule has 2 rings (SSSR count). The van der Waals surface area contributed by atoms with Gasteiger partial charge in [-0.15, -0.1) is 0 Å². The molecule has 1 heterocycles. The molecule has 3 radical (unpaired) electrons. The van der Waals surface area contributed by atoms with Gasteiger partial charge < -0.3 is 0 Å². The Morgan fingerprint density at radius 2 is 1.92 bits per heavy atom. The number of hydrogen-bond donors (Lipinski definition) is 2. The molecule has 2 aliphatic rings. The fraction of sp³-hybridized carbons (Fsp3) is 0.933. The van der Waals surface area contributed by atoms with E-state index in [4.69, 9.17) is 9.47 Å². The number of nitrogens with one attached hydrogen (secondary N) is 2. The van der Waals surface area contributed by atoms with Crippen LogP contribution in [0.15, 0.2) is 0 Å². The SMILES string of the molecule is CNS(=O)(=O)NC1CC(C)N(C(=O)OC)C1COC1CC[CH]([Pb])CC1. The minimum atomic E-state index is -3.60. The molecule has 0 aromatic carbocycles. The molecule has 25 heavy (non-hydrogen) atoms. The Bertz CT molecular complexity index is 553. The molecule has 143 valence electrons. The van der Waals surface area contributed by atoms with E-state index in [0.717, 1.165) is 16.3 Å². The molecule has 0 bridgehead atoms. The molecule has 1 aliphatic heterocycles. The molecule has 1 aliphatic carbocycles. The first-order valence-electron chi connectivity index (χ1n) is 8.67. The van der Waals surface area contributed by atoms with Crippen molar-refractivity contribution in [2.45, 2.75) is 66.7 Å². The fourth-order valence-corrected chi connectivity index (χ4v) is 5.69. The van der Waals surface area contributed by atoms with Crippen LogP contribution in [0.4, 0.5) is 4.79 Å². The van der Waals surface area contributed by atoms with Crippen LogP contribution in [0.3, 0.4) is 0 Å². The zero-order valence-electron chi connectivity index (χ0n) is 15.0. The van der Waals surface area contributed by atoms with Gasteiger partial charge in [0.15, 0.2) is 0 Å². The number of carbonyl (C=O) groups is 1. The van der Waals surface area contributed by atoms with E-state index in [0.29, 0.717) is 13.0 Å². The molecule has 3 unspecified atom stereocenters. The van der Waals surface area contributed by atoms with Crippen molar-refractivity contribution < 1.29 is 22.7 Å². The van der Waals surface area contributed by atoms with Crippen LogP contribution in [0.25, 0.3) is 0 Å². The first-order chi connectivity index (χ1) is 11.8. The topological polar surface area (TPSA) is 97.0 Å². The molecule has 0 aromatic heterocycles. The first-order valence-corrected chi connectivity index (χ1v) is 12.4. The van der Waals surface area contributed by atoms with Gasteiger partial charge in [-0.1, -0.05) is 0 Å². The Labute approximate surface area is 166 Å². The summed E-state index contributed by atoms with van der Waals surface area (Å²) in [6.07, 6.45) is 4.77. The van der Waals surface area contributed by atoms with Crippen LogP contribution >= 0.6 is 0 Å². The Balaban J connectivity index is 2.06. The van der Waals surface area contributed by atoms with Crippen molar-refractivity contribution in [3.8, 4) is 0 Å². The second kappa shape index (κ2) is 9.29. The molecule has 8 nitrogen and oxygen atoms in total. The molecule has 0 aromatic rings. The molecule has 1 amide bonds. The number of likely N-dealkylation sites (tertiary alicyclic amines) is 1. The minimum absolute atomic E-state index is 0.122. The summed E-state index contributed by atoms with van der Waals surface area (Å²) in [4.78, 5) is 13.8. The summed E-state index contributed by atoms with van der Waals surface area (Å²) in [6, 6.07) is -0.899. The van der Waals surface area contributed by atoms with Crippen molar-refractivity contribution in [2.75, 3.05) is 20.8 Å². The van der Waals surface area contributed by atoms with Gasteiger partial charge in [-0.25, -0.2) is 0 Å². The number of amides is 1. The van der Waals surface area contributed by atoms with E-state index in [2.05, 4.69) is 9.44 Å². The number of ether oxygens (including phenoxy) is 2. The van der Waals surface area contributed by atoms with Gasteiger partial charge in [0.05, 0.1) is 0 Å². The van der Waals surface area contributed by atoms with E-state index < -0.39 is 22.3 Å². The van der Waals surface area contributed by atoms with Crippen molar-refractivity contribution in [1.29, 1.82) is 0 Å². The average Bonchev–Trinajstić information content (AvgIpc) is 2.88. The van der Waals surface area contributed by atoms with Crippen molar-refractivity contribution in [3.63, 3.8) is 0 Å². The van der Waals surface area contributed by atoms with Crippen LogP contribution < -0.4 is 9.44 Å². The molecule has 10 heteroatoms. The summed E-state index contributed by atoms with van der Waals surface area (Å²) >= 11 is 1.23. The third-order valence-corrected chi connectivity index (χ3v) is 8.42. The summed E-state index contributed by atoms with van der Waals surface area (Å²) in [7, 11) is -0.900. The Kier molecular flexibility index (Phi) is 7.92. The molecular weight excluding hydrogens is 541 g/mol. The van der Waals surface area contributed by atoms with Gasteiger partial charge in [0.1, 0.15) is 0 Å². The fourth-order valence-electron chi connectivity index (χ4n) is 3.63. The van der Waals surface area contributed by atoms with E-state index >= 15 is 0 Å². The van der Waals surface area contributed by atoms with Crippen molar-refractivity contribution in [2.24, 2.45) is 0 Å². The maximum absolute atomic E-state index is 12.2. The second-order valence-corrected chi connectivity index (χ2v) is 11.6. The summed E-state index contributed by atoms with van der Waals surface area (Å²) in [5.74, 6) is 0. The number of carbonyl (C=O) groups excluding carboxylic acids is 1. The predicted molar refractivity (Wildman–Crippen MR) is 94.7 cm³/mol. The monoisotopic (exact) mass is 570 g/mol. The molecule has 0 spiro atoms. The molecule has 2 fully saturated rings. The summed E-state index contributed by atoms with van der Waals surface area (Å²) in [5, 5.41) is 0. The quantitative estimate of drug-likeness (QED) is 0.456. The number of rotatable bonds is 6. The standard InChI is InChI=1S/C15H28N3O5S.Pb/c1-11-9-13(17-24(20,21)16-2)14(18(11)15(19)22-3)10-23-12-7-5-4-6-8-12;/h4,11-14,16-17H,5-10H2,1-3H3;. The summed E-state index contributed by atoms with van der Waals surface area (Å²) in [5.41, 5.74) is 0. The molecule has 2 N–H and O–H groups in total. The number of methoxy groups -OCH3 is 1. The van der Waals surface area contributed by atoms with Gasteiger partial charge in [-0.3, -0.25) is 0 Å². The van der Waals surface area contributed by atoms with Crippen LogP contribution in [0.5, 0.6) is 0 Å². The van der Waals surface area contributed by atoms with Crippen LogP contribution in [0, 0.1) is 0 Å². The van der Waals surface area contributed by atoms with Gasteiger partial charge >= 0.3 is 167 Å². The van der Waals surface area contributed by atoms with E-state index in [1.54, 1.807) is 4.90 Å². The van der Waals surface area contributed by atoms with Crippen LogP contribution in [-0.4, -0.2) is 90.2 Å². The van der Waals surface area contributed by atoms with Gasteiger partial charge in [-0.2, -0.15) is 0 Å². The van der Waals surface area contributed by atoms with Gasteiger partial charge in [0.25, 0.3) is 0 Å². The zero-order valence-corrected chi connectivity index (χ0v) is 19.7. The van der Waals surface area contributed by atoms with Crippen molar-refractivity contribution >= 4 is 42.1 Å². The number of nitrogens with zero attached hydrogens (tertiary/aromatic N) is 1. The van der Waals surface area contributed by atoms with Gasteiger partial charge in [0, 0.05) is 0 Å². The second-order valence-electron chi connectivity index (χ2n) is 6.77. The van der Waals surface area contributed by atoms with E-state index in [1.165, 1.54) is 52.8 Å². The number of hydrogen-bond acceptors (Lipinski definition) is 5. The van der Waals surface area contributed by atoms with Crippen LogP contribution in [-0.2, 0) is 19.7 Å². The molecule has 1 saturated heterocycles.